The largest absolute Gasteiger partial charge is 0.508 e. The molecule has 0 spiro atoms. The second-order valence-electron chi connectivity index (χ2n) is 17.4. The van der Waals surface area contributed by atoms with Crippen molar-refractivity contribution in [3.63, 3.8) is 0 Å². The van der Waals surface area contributed by atoms with Crippen molar-refractivity contribution in [3.8, 4) is 5.75 Å². The third-order valence-corrected chi connectivity index (χ3v) is 13.7. The predicted octanol–water partition coefficient (Wildman–Crippen LogP) is -3.61. The number of rotatable bonds is 17. The van der Waals surface area contributed by atoms with Crippen molar-refractivity contribution in [2.45, 2.75) is 127 Å². The third-order valence-electron chi connectivity index (χ3n) is 11.3. The summed E-state index contributed by atoms with van der Waals surface area (Å²) >= 11 is 0. The van der Waals surface area contributed by atoms with Gasteiger partial charge in [-0.2, -0.15) is 0 Å². The van der Waals surface area contributed by atoms with Gasteiger partial charge in [-0.05, 0) is 55.2 Å². The Bertz CT molecular complexity index is 2050. The van der Waals surface area contributed by atoms with Crippen molar-refractivity contribution in [1.29, 1.82) is 0 Å². The first-order valence-electron chi connectivity index (χ1n) is 22.5. The zero-order chi connectivity index (χ0) is 51.5. The summed E-state index contributed by atoms with van der Waals surface area (Å²) in [6.07, 6.45) is -0.694. The smallest absolute Gasteiger partial charge is 0.246 e. The van der Waals surface area contributed by atoms with Crippen LogP contribution < -0.4 is 60.2 Å². The van der Waals surface area contributed by atoms with Gasteiger partial charge in [-0.25, -0.2) is 0 Å². The van der Waals surface area contributed by atoms with Crippen molar-refractivity contribution in [3.05, 3.63) is 29.8 Å². The maximum atomic E-state index is 14.5. The van der Waals surface area contributed by atoms with E-state index in [9.17, 15) is 57.8 Å². The number of nitrogens with two attached hydrogens (primary N) is 4. The summed E-state index contributed by atoms with van der Waals surface area (Å²) in [6.45, 7) is 6.60. The molecule has 69 heavy (non-hydrogen) atoms. The van der Waals surface area contributed by atoms with Gasteiger partial charge in [0.15, 0.2) is 0 Å². The topological polar surface area (TPSA) is 400 Å². The molecule has 2 aliphatic heterocycles. The number of amides is 11. The number of nitrogens with zero attached hydrogens (tertiary/aromatic N) is 1. The van der Waals surface area contributed by atoms with E-state index in [0.717, 1.165) is 21.6 Å². The number of hydrogen-bond acceptors (Lipinski definition) is 15. The van der Waals surface area contributed by atoms with Crippen LogP contribution in [-0.2, 0) is 59.2 Å². The number of nitrogens with one attached hydrogen (secondary N) is 7. The maximum absolute atomic E-state index is 14.5. The van der Waals surface area contributed by atoms with Crippen LogP contribution in [0, 0.1) is 11.8 Å². The molecule has 0 radical (unpaired) electrons. The molecule has 0 aliphatic carbocycles. The average Bonchev–Trinajstić information content (AvgIpc) is 3.78. The Morgan fingerprint density at radius 2 is 1.39 bits per heavy atom. The lowest BCUT2D eigenvalue weighted by molar-refractivity contribution is -0.142. The third kappa shape index (κ3) is 18.7. The first-order chi connectivity index (χ1) is 32.5. The highest BCUT2D eigenvalue weighted by atomic mass is 33.1. The standard InChI is InChI=1S/C43H66N12O12S2/c1-5-22(4)35-42(66)49-26(12-13-32(45)57)38(62)51-29(17-33(46)58)39(63)53-30(20-69-68-19-25(44)36(60)50-28(40(64)54-35)16-23-8-10-24(56)11-9-23)43(67)55-14-6-7-31(55)41(65)52-27(15-21(2)3)37(61)48-18-34(47)59/h8-11,21-22,25-31,35,56H,5-7,12-20,44H2,1-4H3,(H2,45,57)(H2,46,58)(H2,47,59)(H,48,61)(H,49,66)(H,50,60)(H,51,62)(H,52,65)(H,53,63)(H,54,64)/t22-,25-,26?,27-,28?,29+,30?,31-,35-/m0/s1. The fourth-order valence-corrected chi connectivity index (χ4v) is 9.62. The molecule has 0 bridgehead atoms. The van der Waals surface area contributed by atoms with Crippen LogP contribution in [-0.4, -0.2) is 148 Å². The zero-order valence-electron chi connectivity index (χ0n) is 39.1. The highest BCUT2D eigenvalue weighted by molar-refractivity contribution is 8.76. The Hall–Kier alpha value is -6.15. The van der Waals surface area contributed by atoms with Gasteiger partial charge in [0.2, 0.25) is 65.0 Å². The number of hydrogen-bond donors (Lipinski definition) is 12. The van der Waals surface area contributed by atoms with Crippen LogP contribution in [0.25, 0.3) is 0 Å². The van der Waals surface area contributed by atoms with Gasteiger partial charge in [-0.1, -0.05) is 67.8 Å². The average molecular weight is 1010 g/mol. The molecule has 3 unspecified atom stereocenters. The van der Waals surface area contributed by atoms with E-state index in [1.54, 1.807) is 13.8 Å². The van der Waals surface area contributed by atoms with Gasteiger partial charge >= 0.3 is 0 Å². The van der Waals surface area contributed by atoms with Crippen molar-refractivity contribution >= 4 is 86.6 Å². The number of phenolic OH excluding ortho intramolecular Hbond substituents is 1. The molecule has 16 N–H and O–H groups in total. The SMILES string of the molecule is CC[C@H](C)[C@@H]1NC(=O)C(Cc2ccc(O)cc2)NC(=O)[C@@H](N)CSSCC(C(=O)N2CCC[C@H]2C(=O)N[C@@H](CC(C)C)C(=O)NCC(N)=O)NC(=O)[C@@H](CC(N)=O)NC(=O)C(CCC(N)=O)NC1=O. The summed E-state index contributed by atoms with van der Waals surface area (Å²) in [5.74, 6) is -10.4. The van der Waals surface area contributed by atoms with Crippen LogP contribution in [0.4, 0.5) is 0 Å². The maximum Gasteiger partial charge on any atom is 0.246 e. The molecule has 1 aromatic rings. The van der Waals surface area contributed by atoms with Gasteiger partial charge in [-0.15, -0.1) is 0 Å². The van der Waals surface area contributed by atoms with Crippen molar-refractivity contribution in [2.75, 3.05) is 24.6 Å². The summed E-state index contributed by atoms with van der Waals surface area (Å²) in [5.41, 5.74) is 22.9. The number of likely N-dealkylation sites (tertiary alicyclic amines) is 1. The normalized spacial score (nSPS) is 24.3. The Balaban J connectivity index is 2.05. The molecule has 3 rings (SSSR count). The molecular formula is C43H66N12O12S2. The van der Waals surface area contributed by atoms with Gasteiger partial charge < -0.3 is 70.2 Å². The van der Waals surface area contributed by atoms with E-state index < -0.39 is 145 Å². The van der Waals surface area contributed by atoms with Crippen LogP contribution >= 0.6 is 21.6 Å². The second-order valence-corrected chi connectivity index (χ2v) is 20.0. The van der Waals surface area contributed by atoms with E-state index in [0.29, 0.717) is 18.4 Å². The molecule has 1 aromatic carbocycles. The van der Waals surface area contributed by atoms with E-state index in [1.165, 1.54) is 29.2 Å². The lowest BCUT2D eigenvalue weighted by atomic mass is 9.96. The van der Waals surface area contributed by atoms with E-state index >= 15 is 0 Å². The molecule has 9 atom stereocenters. The fourth-order valence-electron chi connectivity index (χ4n) is 7.34. The molecule has 2 saturated heterocycles. The van der Waals surface area contributed by atoms with Crippen LogP contribution in [0.3, 0.4) is 0 Å². The Morgan fingerprint density at radius 1 is 0.783 bits per heavy atom. The number of aromatic hydroxyl groups is 1. The van der Waals surface area contributed by atoms with Crippen LogP contribution in [0.2, 0.25) is 0 Å². The number of benzene rings is 1. The predicted molar refractivity (Wildman–Crippen MR) is 254 cm³/mol. The van der Waals surface area contributed by atoms with Gasteiger partial charge in [0.1, 0.15) is 48.0 Å². The van der Waals surface area contributed by atoms with Gasteiger partial charge in [0, 0.05) is 30.9 Å². The number of primary amides is 3. The minimum atomic E-state index is -1.75. The van der Waals surface area contributed by atoms with Crippen LogP contribution in [0.15, 0.2) is 24.3 Å². The summed E-state index contributed by atoms with van der Waals surface area (Å²) in [7, 11) is 2.05. The summed E-state index contributed by atoms with van der Waals surface area (Å²) in [4.78, 5) is 148. The number of carbonyl (C=O) groups excluding carboxylic acids is 11. The monoisotopic (exact) mass is 1010 g/mol. The molecule has 2 fully saturated rings. The number of phenols is 1. The first kappa shape index (κ1) is 57.2. The lowest BCUT2D eigenvalue weighted by Crippen LogP contribution is -2.61. The summed E-state index contributed by atoms with van der Waals surface area (Å²) < 4.78 is 0. The number of carbonyl (C=O) groups is 11. The lowest BCUT2D eigenvalue weighted by Gasteiger charge is -2.31. The highest BCUT2D eigenvalue weighted by Crippen LogP contribution is 2.26. The molecule has 11 amide bonds. The van der Waals surface area contributed by atoms with Gasteiger partial charge in [-0.3, -0.25) is 52.7 Å². The molecule has 24 nitrogen and oxygen atoms in total. The molecule has 26 heteroatoms. The molecule has 0 aromatic heterocycles. The zero-order valence-corrected chi connectivity index (χ0v) is 40.7. The Morgan fingerprint density at radius 3 is 2.00 bits per heavy atom. The van der Waals surface area contributed by atoms with E-state index in [4.69, 9.17) is 22.9 Å². The van der Waals surface area contributed by atoms with Crippen molar-refractivity contribution < 1.29 is 57.8 Å². The molecular weight excluding hydrogens is 941 g/mol. The van der Waals surface area contributed by atoms with E-state index in [2.05, 4.69) is 37.2 Å². The molecule has 382 valence electrons. The minimum Gasteiger partial charge on any atom is -0.508 e. The quantitative estimate of drug-likeness (QED) is 0.0671. The highest BCUT2D eigenvalue weighted by Gasteiger charge is 2.41. The fraction of sp³-hybridized carbons (Fsp3) is 0.605. The first-order valence-corrected chi connectivity index (χ1v) is 25.0. The minimum absolute atomic E-state index is 0.0468. The van der Waals surface area contributed by atoms with E-state index in [-0.39, 0.29) is 49.0 Å². The molecule has 2 aliphatic rings. The van der Waals surface area contributed by atoms with Crippen molar-refractivity contribution in [1.82, 2.24) is 42.1 Å². The van der Waals surface area contributed by atoms with Gasteiger partial charge in [0.05, 0.1) is 19.0 Å². The Labute approximate surface area is 407 Å². The van der Waals surface area contributed by atoms with Gasteiger partial charge in [0.25, 0.3) is 0 Å². The second kappa shape index (κ2) is 27.7. The van der Waals surface area contributed by atoms with Crippen LogP contribution in [0.1, 0.15) is 78.2 Å². The van der Waals surface area contributed by atoms with Crippen molar-refractivity contribution in [2.24, 2.45) is 34.8 Å². The van der Waals surface area contributed by atoms with E-state index in [1.807, 2.05) is 13.8 Å². The molecule has 0 saturated carbocycles. The molecule has 2 heterocycles. The summed E-state index contributed by atoms with van der Waals surface area (Å²) in [6, 6.07) is -5.05. The van der Waals surface area contributed by atoms with Crippen LogP contribution in [0.5, 0.6) is 5.75 Å². The summed E-state index contributed by atoms with van der Waals surface area (Å²) in [5, 5.41) is 27.7. The Kier molecular flexibility index (Phi) is 23.0.